The van der Waals surface area contributed by atoms with Crippen molar-refractivity contribution < 1.29 is 17.7 Å². The molecule has 0 radical (unpaired) electrons. The highest BCUT2D eigenvalue weighted by Gasteiger charge is 2.15. The number of benzene rings is 2. The van der Waals surface area contributed by atoms with Crippen molar-refractivity contribution in [3.05, 3.63) is 60.0 Å². The predicted octanol–water partition coefficient (Wildman–Crippen LogP) is 2.96. The maximum absolute atomic E-state index is 12.3. The van der Waals surface area contributed by atoms with E-state index in [0.29, 0.717) is 30.5 Å². The molecule has 0 aliphatic rings. The van der Waals surface area contributed by atoms with Crippen LogP contribution in [-0.4, -0.2) is 31.7 Å². The number of nitrogens with one attached hydrogen (secondary N) is 1. The van der Waals surface area contributed by atoms with Crippen molar-refractivity contribution in [2.24, 2.45) is 0 Å². The van der Waals surface area contributed by atoms with E-state index in [1.54, 1.807) is 12.1 Å². The quantitative estimate of drug-likeness (QED) is 0.639. The Morgan fingerprint density at radius 2 is 1.93 bits per heavy atom. The maximum atomic E-state index is 12.3. The van der Waals surface area contributed by atoms with Gasteiger partial charge in [0.2, 0.25) is 21.7 Å². The zero-order chi connectivity index (χ0) is 19.3. The molecule has 1 aromatic heterocycles. The lowest BCUT2D eigenvalue weighted by atomic mass is 10.1. The number of aryl methyl sites for hydroxylation is 1. The van der Waals surface area contributed by atoms with Crippen molar-refractivity contribution in [2.45, 2.75) is 25.2 Å². The van der Waals surface area contributed by atoms with Gasteiger partial charge in [-0.2, -0.15) is 4.98 Å². The summed E-state index contributed by atoms with van der Waals surface area (Å²) in [7, 11) is -3.61. The standard InChI is InChI=1S/C19H21N3O4S/c1-3-25-16-7-9-17(10-8-16)27(23,24)20-12-11-18-21-19(22-26-18)15-6-4-5-14(2)13-15/h4-10,13,20H,3,11-12H2,1-2H3. The minimum Gasteiger partial charge on any atom is -0.494 e. The molecule has 27 heavy (non-hydrogen) atoms. The molecule has 0 saturated carbocycles. The highest BCUT2D eigenvalue weighted by atomic mass is 32.2. The van der Waals surface area contributed by atoms with Gasteiger partial charge in [-0.3, -0.25) is 0 Å². The van der Waals surface area contributed by atoms with Crippen molar-refractivity contribution in [1.82, 2.24) is 14.9 Å². The summed E-state index contributed by atoms with van der Waals surface area (Å²) in [6.45, 7) is 4.54. The average molecular weight is 387 g/mol. The first-order chi connectivity index (χ1) is 13.0. The maximum Gasteiger partial charge on any atom is 0.240 e. The van der Waals surface area contributed by atoms with Crippen LogP contribution in [0, 0.1) is 6.92 Å². The smallest absolute Gasteiger partial charge is 0.240 e. The molecule has 0 bridgehead atoms. The van der Waals surface area contributed by atoms with E-state index in [-0.39, 0.29) is 11.4 Å². The van der Waals surface area contributed by atoms with Gasteiger partial charge in [0.15, 0.2) is 0 Å². The zero-order valence-corrected chi connectivity index (χ0v) is 16.0. The summed E-state index contributed by atoms with van der Waals surface area (Å²) in [5, 5.41) is 3.95. The minimum absolute atomic E-state index is 0.158. The van der Waals surface area contributed by atoms with Crippen LogP contribution in [0.3, 0.4) is 0 Å². The predicted molar refractivity (Wildman–Crippen MR) is 101 cm³/mol. The largest absolute Gasteiger partial charge is 0.494 e. The van der Waals surface area contributed by atoms with Gasteiger partial charge in [-0.25, -0.2) is 13.1 Å². The molecule has 1 N–H and O–H groups in total. The Morgan fingerprint density at radius 3 is 2.63 bits per heavy atom. The van der Waals surface area contributed by atoms with E-state index in [1.165, 1.54) is 12.1 Å². The van der Waals surface area contributed by atoms with Crippen LogP contribution >= 0.6 is 0 Å². The lowest BCUT2D eigenvalue weighted by molar-refractivity contribution is 0.340. The number of ether oxygens (including phenoxy) is 1. The summed E-state index contributed by atoms with van der Waals surface area (Å²) in [5.41, 5.74) is 1.96. The molecular formula is C19H21N3O4S. The summed E-state index contributed by atoms with van der Waals surface area (Å²) in [6.07, 6.45) is 0.301. The van der Waals surface area contributed by atoms with E-state index in [0.717, 1.165) is 11.1 Å². The summed E-state index contributed by atoms with van der Waals surface area (Å²) in [6, 6.07) is 14.0. The number of sulfonamides is 1. The third-order valence-corrected chi connectivity index (χ3v) is 5.30. The first-order valence-corrected chi connectivity index (χ1v) is 10.1. The molecule has 0 saturated heterocycles. The topological polar surface area (TPSA) is 94.3 Å². The van der Waals surface area contributed by atoms with Gasteiger partial charge in [-0.05, 0) is 44.2 Å². The minimum atomic E-state index is -3.61. The van der Waals surface area contributed by atoms with E-state index >= 15 is 0 Å². The molecule has 7 nitrogen and oxygen atoms in total. The van der Waals surface area contributed by atoms with E-state index in [9.17, 15) is 8.42 Å². The first kappa shape index (κ1) is 19.1. The Morgan fingerprint density at radius 1 is 1.15 bits per heavy atom. The number of nitrogens with zero attached hydrogens (tertiary/aromatic N) is 2. The van der Waals surface area contributed by atoms with Crippen LogP contribution in [0.4, 0.5) is 0 Å². The van der Waals surface area contributed by atoms with Crippen LogP contribution < -0.4 is 9.46 Å². The van der Waals surface area contributed by atoms with Gasteiger partial charge >= 0.3 is 0 Å². The van der Waals surface area contributed by atoms with Crippen molar-refractivity contribution in [2.75, 3.05) is 13.2 Å². The van der Waals surface area contributed by atoms with Crippen LogP contribution in [0.15, 0.2) is 57.9 Å². The van der Waals surface area contributed by atoms with Gasteiger partial charge < -0.3 is 9.26 Å². The fraction of sp³-hybridized carbons (Fsp3) is 0.263. The van der Waals surface area contributed by atoms with E-state index in [4.69, 9.17) is 9.26 Å². The van der Waals surface area contributed by atoms with Crippen LogP contribution in [0.5, 0.6) is 5.75 Å². The highest BCUT2D eigenvalue weighted by Crippen LogP contribution is 2.18. The van der Waals surface area contributed by atoms with Gasteiger partial charge in [0.1, 0.15) is 5.75 Å². The van der Waals surface area contributed by atoms with Crippen LogP contribution in [-0.2, 0) is 16.4 Å². The Bertz CT molecular complexity index is 998. The Labute approximate surface area is 158 Å². The third-order valence-electron chi connectivity index (χ3n) is 3.82. The lowest BCUT2D eigenvalue weighted by Gasteiger charge is -2.07. The van der Waals surface area contributed by atoms with Gasteiger partial charge in [-0.1, -0.05) is 28.9 Å². The van der Waals surface area contributed by atoms with Crippen molar-refractivity contribution in [3.8, 4) is 17.1 Å². The molecule has 142 valence electrons. The second kappa shape index (κ2) is 8.32. The van der Waals surface area contributed by atoms with Crippen LogP contribution in [0.2, 0.25) is 0 Å². The molecule has 2 aromatic carbocycles. The van der Waals surface area contributed by atoms with E-state index < -0.39 is 10.0 Å². The number of aromatic nitrogens is 2. The molecule has 3 aromatic rings. The summed E-state index contributed by atoms with van der Waals surface area (Å²) < 4.78 is 37.7. The zero-order valence-electron chi connectivity index (χ0n) is 15.2. The van der Waals surface area contributed by atoms with Crippen LogP contribution in [0.1, 0.15) is 18.4 Å². The summed E-state index contributed by atoms with van der Waals surface area (Å²) in [4.78, 5) is 4.49. The number of rotatable bonds is 8. The second-order valence-corrected chi connectivity index (χ2v) is 7.70. The summed E-state index contributed by atoms with van der Waals surface area (Å²) >= 11 is 0. The molecule has 3 rings (SSSR count). The SMILES string of the molecule is CCOc1ccc(S(=O)(=O)NCCc2nc(-c3cccc(C)c3)no2)cc1. The average Bonchev–Trinajstić information content (AvgIpc) is 3.11. The summed E-state index contributed by atoms with van der Waals surface area (Å²) in [5.74, 6) is 1.50. The third kappa shape index (κ3) is 4.93. The van der Waals surface area contributed by atoms with Gasteiger partial charge in [0.25, 0.3) is 0 Å². The molecule has 0 aliphatic heterocycles. The molecule has 1 heterocycles. The van der Waals surface area contributed by atoms with Crippen molar-refractivity contribution in [3.63, 3.8) is 0 Å². The highest BCUT2D eigenvalue weighted by molar-refractivity contribution is 7.89. The fourth-order valence-corrected chi connectivity index (χ4v) is 3.55. The lowest BCUT2D eigenvalue weighted by Crippen LogP contribution is -2.26. The normalized spacial score (nSPS) is 11.5. The van der Waals surface area contributed by atoms with Crippen LogP contribution in [0.25, 0.3) is 11.4 Å². The Kier molecular flexibility index (Phi) is 5.88. The second-order valence-electron chi connectivity index (χ2n) is 5.93. The van der Waals surface area contributed by atoms with Gasteiger partial charge in [0.05, 0.1) is 11.5 Å². The van der Waals surface area contributed by atoms with Crippen molar-refractivity contribution in [1.29, 1.82) is 0 Å². The molecule has 0 spiro atoms. The first-order valence-electron chi connectivity index (χ1n) is 8.60. The Hall–Kier alpha value is -2.71. The fourth-order valence-electron chi connectivity index (χ4n) is 2.52. The molecule has 8 heteroatoms. The Balaban J connectivity index is 1.59. The molecule has 0 amide bonds. The monoisotopic (exact) mass is 387 g/mol. The molecule has 0 aliphatic carbocycles. The molecule has 0 fully saturated rings. The van der Waals surface area contributed by atoms with Gasteiger partial charge in [-0.15, -0.1) is 0 Å². The number of hydrogen-bond acceptors (Lipinski definition) is 6. The van der Waals surface area contributed by atoms with Gasteiger partial charge in [0, 0.05) is 18.5 Å². The molecule has 0 atom stereocenters. The molecular weight excluding hydrogens is 366 g/mol. The molecule has 0 unspecified atom stereocenters. The van der Waals surface area contributed by atoms with E-state index in [1.807, 2.05) is 38.1 Å². The van der Waals surface area contributed by atoms with E-state index in [2.05, 4.69) is 14.9 Å². The van der Waals surface area contributed by atoms with Crippen molar-refractivity contribution >= 4 is 10.0 Å². The number of hydrogen-bond donors (Lipinski definition) is 1.